The molecule has 0 saturated carbocycles. The van der Waals surface area contributed by atoms with E-state index in [9.17, 15) is 0 Å². The summed E-state index contributed by atoms with van der Waals surface area (Å²) in [6.45, 7) is 0. The molecule has 1 aliphatic heterocycles. The summed E-state index contributed by atoms with van der Waals surface area (Å²) in [5.41, 5.74) is 3.93. The van der Waals surface area contributed by atoms with Crippen LogP contribution in [0.15, 0.2) is 59.1 Å². The Labute approximate surface area is 139 Å². The number of benzene rings is 2. The number of anilines is 1. The monoisotopic (exact) mass is 355 g/mol. The lowest BCUT2D eigenvalue weighted by atomic mass is 9.77. The van der Waals surface area contributed by atoms with Gasteiger partial charge < -0.3 is 10.1 Å². The Morgan fingerprint density at radius 1 is 1.18 bits per heavy atom. The first-order valence-corrected chi connectivity index (χ1v) is 8.42. The molecule has 4 rings (SSSR count). The van der Waals surface area contributed by atoms with Crippen LogP contribution in [0.25, 0.3) is 0 Å². The van der Waals surface area contributed by atoms with Crippen LogP contribution in [-0.2, 0) is 0 Å². The standard InChI is InChI=1S/C19H18BrNO/c1-22-14-5-2-4-12(10-14)19-16-7-3-6-15(16)17-11-13(20)8-9-18(17)21-19/h2-6,8-11,15-16,19,21H,7H2,1H3/t15-,16-,19+/m1/s1. The Morgan fingerprint density at radius 2 is 2.09 bits per heavy atom. The van der Waals surface area contributed by atoms with Crippen molar-refractivity contribution in [3.8, 4) is 5.75 Å². The molecule has 0 fully saturated rings. The quantitative estimate of drug-likeness (QED) is 0.739. The molecule has 112 valence electrons. The smallest absolute Gasteiger partial charge is 0.119 e. The molecule has 2 aromatic rings. The van der Waals surface area contributed by atoms with Gasteiger partial charge in [-0.25, -0.2) is 0 Å². The Bertz CT molecular complexity index is 740. The highest BCUT2D eigenvalue weighted by Crippen LogP contribution is 2.50. The largest absolute Gasteiger partial charge is 0.497 e. The fourth-order valence-electron chi connectivity index (χ4n) is 3.73. The van der Waals surface area contributed by atoms with Crippen molar-refractivity contribution in [1.82, 2.24) is 0 Å². The van der Waals surface area contributed by atoms with Crippen LogP contribution in [0, 0.1) is 5.92 Å². The molecule has 0 spiro atoms. The van der Waals surface area contributed by atoms with Gasteiger partial charge in [0, 0.05) is 16.1 Å². The van der Waals surface area contributed by atoms with Crippen LogP contribution in [0.3, 0.4) is 0 Å². The van der Waals surface area contributed by atoms with Crippen molar-refractivity contribution < 1.29 is 4.74 Å². The lowest BCUT2D eigenvalue weighted by Crippen LogP contribution is -2.29. The van der Waals surface area contributed by atoms with Crippen molar-refractivity contribution in [1.29, 1.82) is 0 Å². The van der Waals surface area contributed by atoms with E-state index in [1.807, 2.05) is 6.07 Å². The zero-order chi connectivity index (χ0) is 15.1. The van der Waals surface area contributed by atoms with E-state index < -0.39 is 0 Å². The number of halogens is 1. The number of hydrogen-bond acceptors (Lipinski definition) is 2. The van der Waals surface area contributed by atoms with E-state index in [0.717, 1.165) is 16.6 Å². The molecule has 1 aliphatic carbocycles. The van der Waals surface area contributed by atoms with E-state index in [1.54, 1.807) is 7.11 Å². The van der Waals surface area contributed by atoms with E-state index in [-0.39, 0.29) is 0 Å². The summed E-state index contributed by atoms with van der Waals surface area (Å²) in [7, 11) is 1.72. The fourth-order valence-corrected chi connectivity index (χ4v) is 4.11. The maximum absolute atomic E-state index is 5.39. The molecule has 1 heterocycles. The molecule has 2 aromatic carbocycles. The highest BCUT2D eigenvalue weighted by molar-refractivity contribution is 9.10. The first-order chi connectivity index (χ1) is 10.8. The second-order valence-corrected chi connectivity index (χ2v) is 6.90. The maximum Gasteiger partial charge on any atom is 0.119 e. The van der Waals surface area contributed by atoms with E-state index >= 15 is 0 Å². The average molecular weight is 356 g/mol. The number of nitrogens with one attached hydrogen (secondary N) is 1. The molecule has 3 heteroatoms. The minimum absolute atomic E-state index is 0.323. The van der Waals surface area contributed by atoms with Gasteiger partial charge in [-0.05, 0) is 53.8 Å². The zero-order valence-corrected chi connectivity index (χ0v) is 14.0. The molecule has 0 aromatic heterocycles. The SMILES string of the molecule is COc1cccc([C@@H]2Nc3ccc(Br)cc3[C@@H]3C=CC[C@H]32)c1. The lowest BCUT2D eigenvalue weighted by Gasteiger charge is -2.37. The number of fused-ring (bicyclic) bond motifs is 3. The number of allylic oxidation sites excluding steroid dienone is 2. The van der Waals surface area contributed by atoms with Crippen LogP contribution in [0.4, 0.5) is 5.69 Å². The van der Waals surface area contributed by atoms with Crippen LogP contribution in [-0.4, -0.2) is 7.11 Å². The molecule has 0 unspecified atom stereocenters. The van der Waals surface area contributed by atoms with Gasteiger partial charge in [0.25, 0.3) is 0 Å². The molecule has 0 saturated heterocycles. The van der Waals surface area contributed by atoms with Gasteiger partial charge in [0.2, 0.25) is 0 Å². The van der Waals surface area contributed by atoms with Gasteiger partial charge in [-0.1, -0.05) is 40.2 Å². The van der Waals surface area contributed by atoms with Gasteiger partial charge in [0.1, 0.15) is 5.75 Å². The Kier molecular flexibility index (Phi) is 3.45. The highest BCUT2D eigenvalue weighted by atomic mass is 79.9. The van der Waals surface area contributed by atoms with Crippen molar-refractivity contribution in [2.24, 2.45) is 5.92 Å². The Balaban J connectivity index is 1.77. The molecule has 0 radical (unpaired) electrons. The Hall–Kier alpha value is -1.74. The van der Waals surface area contributed by atoms with Crippen LogP contribution in [0.1, 0.15) is 29.5 Å². The van der Waals surface area contributed by atoms with Gasteiger partial charge in [-0.15, -0.1) is 0 Å². The first kappa shape index (κ1) is 13.9. The van der Waals surface area contributed by atoms with Gasteiger partial charge in [0.05, 0.1) is 13.2 Å². The van der Waals surface area contributed by atoms with Gasteiger partial charge in [-0.3, -0.25) is 0 Å². The molecule has 2 aliphatic rings. The van der Waals surface area contributed by atoms with Crippen molar-refractivity contribution >= 4 is 21.6 Å². The molecule has 22 heavy (non-hydrogen) atoms. The molecule has 0 bridgehead atoms. The van der Waals surface area contributed by atoms with Crippen molar-refractivity contribution in [3.05, 3.63) is 70.2 Å². The van der Waals surface area contributed by atoms with Crippen LogP contribution >= 0.6 is 15.9 Å². The fraction of sp³-hybridized carbons (Fsp3) is 0.263. The lowest BCUT2D eigenvalue weighted by molar-refractivity contribution is 0.406. The third kappa shape index (κ3) is 2.24. The van der Waals surface area contributed by atoms with Gasteiger partial charge >= 0.3 is 0 Å². The summed E-state index contributed by atoms with van der Waals surface area (Å²) in [6, 6.07) is 15.3. The second-order valence-electron chi connectivity index (χ2n) is 5.98. The number of rotatable bonds is 2. The minimum Gasteiger partial charge on any atom is -0.497 e. The predicted molar refractivity (Wildman–Crippen MR) is 93.5 cm³/mol. The summed E-state index contributed by atoms with van der Waals surface area (Å²) in [5.74, 6) is 1.97. The normalized spacial score (nSPS) is 25.3. The van der Waals surface area contributed by atoms with Crippen LogP contribution in [0.5, 0.6) is 5.75 Å². The number of ether oxygens (including phenoxy) is 1. The van der Waals surface area contributed by atoms with Crippen LogP contribution < -0.4 is 10.1 Å². The molecule has 1 N–H and O–H groups in total. The second kappa shape index (κ2) is 5.47. The number of methoxy groups -OCH3 is 1. The highest BCUT2D eigenvalue weighted by Gasteiger charge is 2.37. The summed E-state index contributed by atoms with van der Waals surface area (Å²) >= 11 is 3.60. The zero-order valence-electron chi connectivity index (χ0n) is 12.4. The number of hydrogen-bond donors (Lipinski definition) is 1. The molecular weight excluding hydrogens is 338 g/mol. The first-order valence-electron chi connectivity index (χ1n) is 7.63. The van der Waals surface area contributed by atoms with E-state index in [4.69, 9.17) is 4.74 Å². The van der Waals surface area contributed by atoms with E-state index in [2.05, 4.69) is 69.8 Å². The topological polar surface area (TPSA) is 21.3 Å². The summed E-state index contributed by atoms with van der Waals surface area (Å²) in [4.78, 5) is 0. The minimum atomic E-state index is 0.323. The molecule has 0 amide bonds. The van der Waals surface area contributed by atoms with Crippen molar-refractivity contribution in [2.75, 3.05) is 12.4 Å². The van der Waals surface area contributed by atoms with Gasteiger partial charge in [0.15, 0.2) is 0 Å². The van der Waals surface area contributed by atoms with Crippen LogP contribution in [0.2, 0.25) is 0 Å². The summed E-state index contributed by atoms with van der Waals surface area (Å²) in [5, 5.41) is 3.75. The third-order valence-electron chi connectivity index (χ3n) is 4.78. The maximum atomic E-state index is 5.39. The average Bonchev–Trinajstić information content (AvgIpc) is 3.04. The van der Waals surface area contributed by atoms with Crippen molar-refractivity contribution in [2.45, 2.75) is 18.4 Å². The van der Waals surface area contributed by atoms with E-state index in [0.29, 0.717) is 17.9 Å². The molecular formula is C19H18BrNO. The molecule has 2 nitrogen and oxygen atoms in total. The predicted octanol–water partition coefficient (Wildman–Crippen LogP) is 5.28. The summed E-state index contributed by atoms with van der Waals surface area (Å²) < 4.78 is 6.54. The van der Waals surface area contributed by atoms with E-state index in [1.165, 1.54) is 16.8 Å². The van der Waals surface area contributed by atoms with Crippen molar-refractivity contribution in [3.63, 3.8) is 0 Å². The summed E-state index contributed by atoms with van der Waals surface area (Å²) in [6.07, 6.45) is 5.80. The molecule has 3 atom stereocenters. The third-order valence-corrected chi connectivity index (χ3v) is 5.27. The van der Waals surface area contributed by atoms with Gasteiger partial charge in [-0.2, -0.15) is 0 Å². The Morgan fingerprint density at radius 3 is 2.95 bits per heavy atom.